The summed E-state index contributed by atoms with van der Waals surface area (Å²) in [6, 6.07) is 1.48. The second-order valence-electron chi connectivity index (χ2n) is 8.55. The molecule has 1 aliphatic heterocycles. The Hall–Kier alpha value is 0.467. The molecule has 126 valence electrons. The van der Waals surface area contributed by atoms with Crippen LogP contribution in [0.2, 0.25) is 24.2 Å². The Balaban J connectivity index is 2.00. The molecule has 21 heavy (non-hydrogen) atoms. The van der Waals surface area contributed by atoms with Gasteiger partial charge in [0.1, 0.15) is 0 Å². The first-order chi connectivity index (χ1) is 9.72. The zero-order valence-electron chi connectivity index (χ0n) is 15.0. The Kier molecular flexibility index (Phi) is 8.30. The topological polar surface area (TPSA) is 9.23 Å². The molecule has 0 aromatic rings. The van der Waals surface area contributed by atoms with E-state index in [9.17, 15) is 0 Å². The number of unbranched alkanes of at least 4 members (excludes halogenated alkanes) is 4. The molecule has 1 nitrogen and oxygen atoms in total. The van der Waals surface area contributed by atoms with Gasteiger partial charge < -0.3 is 4.74 Å². The zero-order chi connectivity index (χ0) is 15.9. The van der Waals surface area contributed by atoms with Crippen molar-refractivity contribution >= 4 is 19.7 Å². The van der Waals surface area contributed by atoms with Crippen LogP contribution >= 0.6 is 11.6 Å². The van der Waals surface area contributed by atoms with Gasteiger partial charge in [-0.1, -0.05) is 72.0 Å². The highest BCUT2D eigenvalue weighted by Gasteiger charge is 2.33. The summed E-state index contributed by atoms with van der Waals surface area (Å²) in [5.41, 5.74) is 0. The molecule has 1 fully saturated rings. The van der Waals surface area contributed by atoms with Crippen molar-refractivity contribution in [3.05, 3.63) is 0 Å². The second-order valence-corrected chi connectivity index (χ2v) is 14.9. The van der Waals surface area contributed by atoms with Crippen LogP contribution in [-0.2, 0) is 4.74 Å². The van der Waals surface area contributed by atoms with Crippen LogP contribution in [0.4, 0.5) is 0 Å². The van der Waals surface area contributed by atoms with Crippen LogP contribution in [0.3, 0.4) is 0 Å². The molecule has 0 aromatic carbocycles. The van der Waals surface area contributed by atoms with Crippen LogP contribution < -0.4 is 0 Å². The number of hydrogen-bond acceptors (Lipinski definition) is 1. The van der Waals surface area contributed by atoms with Gasteiger partial charge in [-0.05, 0) is 24.3 Å². The summed E-state index contributed by atoms with van der Waals surface area (Å²) in [6.07, 6.45) is 10.7. The van der Waals surface area contributed by atoms with E-state index in [0.29, 0.717) is 16.5 Å². The Labute approximate surface area is 139 Å². The molecule has 3 heteroatoms. The maximum absolute atomic E-state index is 6.20. The summed E-state index contributed by atoms with van der Waals surface area (Å²) in [6.45, 7) is 13.2. The van der Waals surface area contributed by atoms with Crippen LogP contribution in [0, 0.1) is 0 Å². The quantitative estimate of drug-likeness (QED) is 0.275. The summed E-state index contributed by atoms with van der Waals surface area (Å²) in [5.74, 6) is 0. The molecule has 0 unspecified atom stereocenters. The fraction of sp³-hybridized carbons (Fsp3) is 1.00. The molecule has 0 aromatic heterocycles. The Morgan fingerprint density at radius 1 is 1.05 bits per heavy atom. The van der Waals surface area contributed by atoms with Gasteiger partial charge in [-0.3, -0.25) is 0 Å². The van der Waals surface area contributed by atoms with E-state index in [1.165, 1.54) is 44.6 Å². The van der Waals surface area contributed by atoms with E-state index >= 15 is 0 Å². The standard InChI is InChI=1S/C18H37ClOSi/c1-18(2,3)21(4,5)14-10-8-6-7-9-11-17-15-16(19)12-13-20-17/h16-17H,6-15H2,1-5H3/t16-,17-/m1/s1. The van der Waals surface area contributed by atoms with Gasteiger partial charge in [0.2, 0.25) is 0 Å². The molecule has 1 heterocycles. The van der Waals surface area contributed by atoms with Crippen LogP contribution in [0.25, 0.3) is 0 Å². The zero-order valence-corrected chi connectivity index (χ0v) is 16.8. The highest BCUT2D eigenvalue weighted by molar-refractivity contribution is 6.80. The van der Waals surface area contributed by atoms with Crippen molar-refractivity contribution < 1.29 is 4.74 Å². The molecule has 0 bridgehead atoms. The van der Waals surface area contributed by atoms with Crippen molar-refractivity contribution in [1.82, 2.24) is 0 Å². The minimum Gasteiger partial charge on any atom is -0.378 e. The van der Waals surface area contributed by atoms with Gasteiger partial charge in [0, 0.05) is 12.0 Å². The van der Waals surface area contributed by atoms with Crippen LogP contribution in [-0.4, -0.2) is 26.2 Å². The van der Waals surface area contributed by atoms with Gasteiger partial charge in [-0.2, -0.15) is 0 Å². The first kappa shape index (κ1) is 19.5. The van der Waals surface area contributed by atoms with Crippen molar-refractivity contribution in [2.75, 3.05) is 6.61 Å². The van der Waals surface area contributed by atoms with Crippen LogP contribution in [0.1, 0.15) is 72.1 Å². The van der Waals surface area contributed by atoms with Crippen molar-refractivity contribution in [2.45, 2.75) is 108 Å². The summed E-state index contributed by atoms with van der Waals surface area (Å²) in [4.78, 5) is 0. The summed E-state index contributed by atoms with van der Waals surface area (Å²) in [5, 5.41) is 0.900. The van der Waals surface area contributed by atoms with E-state index in [4.69, 9.17) is 16.3 Å². The van der Waals surface area contributed by atoms with E-state index in [-0.39, 0.29) is 0 Å². The Morgan fingerprint density at radius 3 is 2.29 bits per heavy atom. The number of ether oxygens (including phenoxy) is 1. The minimum absolute atomic E-state index is 0.355. The molecule has 0 amide bonds. The smallest absolute Gasteiger partial charge is 0.0589 e. The largest absolute Gasteiger partial charge is 0.378 e. The lowest BCUT2D eigenvalue weighted by Crippen LogP contribution is -2.36. The molecule has 2 atom stereocenters. The monoisotopic (exact) mass is 332 g/mol. The average molecular weight is 333 g/mol. The van der Waals surface area contributed by atoms with Gasteiger partial charge in [0.25, 0.3) is 0 Å². The number of halogens is 1. The highest BCUT2D eigenvalue weighted by atomic mass is 35.5. The molecule has 0 spiro atoms. The van der Waals surface area contributed by atoms with Crippen molar-refractivity contribution in [3.8, 4) is 0 Å². The van der Waals surface area contributed by atoms with Crippen molar-refractivity contribution in [2.24, 2.45) is 0 Å². The molecule has 1 saturated heterocycles. The summed E-state index contributed by atoms with van der Waals surface area (Å²) in [7, 11) is -1.04. The molecule has 0 saturated carbocycles. The van der Waals surface area contributed by atoms with Gasteiger partial charge in [0.15, 0.2) is 0 Å². The first-order valence-corrected chi connectivity index (χ1v) is 12.6. The third-order valence-corrected chi connectivity index (χ3v) is 11.7. The summed E-state index contributed by atoms with van der Waals surface area (Å²) < 4.78 is 5.78. The molecular formula is C18H37ClOSi. The van der Waals surface area contributed by atoms with Gasteiger partial charge >= 0.3 is 0 Å². The molecule has 0 radical (unpaired) electrons. The number of hydrogen-bond donors (Lipinski definition) is 0. The van der Waals surface area contributed by atoms with E-state index in [1.807, 2.05) is 0 Å². The molecular weight excluding hydrogens is 296 g/mol. The number of alkyl halides is 1. The number of rotatable bonds is 8. The normalized spacial score (nSPS) is 24.3. The Morgan fingerprint density at radius 2 is 1.67 bits per heavy atom. The predicted molar refractivity (Wildman–Crippen MR) is 98.3 cm³/mol. The van der Waals surface area contributed by atoms with Crippen molar-refractivity contribution in [3.63, 3.8) is 0 Å². The predicted octanol–water partition coefficient (Wildman–Crippen LogP) is 6.62. The van der Waals surface area contributed by atoms with Crippen LogP contribution in [0.15, 0.2) is 0 Å². The van der Waals surface area contributed by atoms with Gasteiger partial charge in [-0.25, -0.2) is 0 Å². The first-order valence-electron chi connectivity index (χ1n) is 8.98. The fourth-order valence-electron chi connectivity index (χ4n) is 2.88. The van der Waals surface area contributed by atoms with E-state index < -0.39 is 8.07 Å². The highest BCUT2D eigenvalue weighted by Crippen LogP contribution is 2.39. The minimum atomic E-state index is -1.04. The lowest BCUT2D eigenvalue weighted by Gasteiger charge is -2.37. The van der Waals surface area contributed by atoms with E-state index in [0.717, 1.165) is 19.4 Å². The molecule has 1 rings (SSSR count). The van der Waals surface area contributed by atoms with Gasteiger partial charge in [-0.15, -0.1) is 11.6 Å². The molecule has 1 aliphatic rings. The van der Waals surface area contributed by atoms with E-state index in [1.54, 1.807) is 0 Å². The SMILES string of the molecule is CC(C)(C)[Si](C)(C)CCCCCCC[C@@H]1C[C@H](Cl)CCO1. The van der Waals surface area contributed by atoms with Gasteiger partial charge in [0.05, 0.1) is 14.2 Å². The lowest BCUT2D eigenvalue weighted by atomic mass is 10.0. The third-order valence-electron chi connectivity index (χ3n) is 5.66. The average Bonchev–Trinajstić information content (AvgIpc) is 2.36. The lowest BCUT2D eigenvalue weighted by molar-refractivity contribution is 0.0116. The maximum atomic E-state index is 6.20. The van der Waals surface area contributed by atoms with Crippen molar-refractivity contribution in [1.29, 1.82) is 0 Å². The Bertz CT molecular complexity index is 285. The fourth-order valence-corrected chi connectivity index (χ4v) is 5.05. The second kappa shape index (κ2) is 8.93. The van der Waals surface area contributed by atoms with E-state index in [2.05, 4.69) is 33.9 Å². The molecule has 0 N–H and O–H groups in total. The summed E-state index contributed by atoms with van der Waals surface area (Å²) >= 11 is 6.20. The van der Waals surface area contributed by atoms with Crippen LogP contribution in [0.5, 0.6) is 0 Å². The maximum Gasteiger partial charge on any atom is 0.0589 e. The third kappa shape index (κ3) is 7.52. The molecule has 0 aliphatic carbocycles.